The highest BCUT2D eigenvalue weighted by molar-refractivity contribution is 5.43. The number of benzene rings is 1. The highest BCUT2D eigenvalue weighted by Gasteiger charge is 2.21. The lowest BCUT2D eigenvalue weighted by molar-refractivity contribution is -0.0237. The molecule has 4 nitrogen and oxygen atoms in total. The minimum absolute atomic E-state index is 0.0788. The fraction of sp³-hybridized carbons (Fsp3) is 0.400. The first kappa shape index (κ1) is 10.8. The van der Waals surface area contributed by atoms with Gasteiger partial charge in [0.25, 0.3) is 0 Å². The van der Waals surface area contributed by atoms with Crippen LogP contribution in [0.1, 0.15) is 19.4 Å². The molecule has 0 saturated heterocycles. The molecule has 0 aromatic heterocycles. The van der Waals surface area contributed by atoms with E-state index in [-0.39, 0.29) is 5.75 Å². The molecule has 1 aromatic rings. The van der Waals surface area contributed by atoms with Gasteiger partial charge >= 0.3 is 0 Å². The van der Waals surface area contributed by atoms with Gasteiger partial charge in [0.05, 0.1) is 7.11 Å². The van der Waals surface area contributed by atoms with Crippen molar-refractivity contribution in [2.24, 2.45) is 5.90 Å². The van der Waals surface area contributed by atoms with Gasteiger partial charge in [-0.3, -0.25) is 4.84 Å². The maximum atomic E-state index is 9.53. The van der Waals surface area contributed by atoms with Crippen LogP contribution >= 0.6 is 0 Å². The van der Waals surface area contributed by atoms with Crippen LogP contribution in [0, 0.1) is 0 Å². The lowest BCUT2D eigenvalue weighted by Gasteiger charge is -2.22. The topological polar surface area (TPSA) is 64.7 Å². The van der Waals surface area contributed by atoms with E-state index in [1.54, 1.807) is 18.2 Å². The Hall–Kier alpha value is -1.26. The van der Waals surface area contributed by atoms with Crippen LogP contribution in [0.15, 0.2) is 18.2 Å². The number of phenolic OH excluding ortho intramolecular Hbond substituents is 1. The highest BCUT2D eigenvalue weighted by atomic mass is 16.6. The summed E-state index contributed by atoms with van der Waals surface area (Å²) in [7, 11) is 1.50. The molecule has 0 heterocycles. The molecule has 0 aliphatic carbocycles. The van der Waals surface area contributed by atoms with E-state index in [0.29, 0.717) is 5.75 Å². The van der Waals surface area contributed by atoms with Gasteiger partial charge in [-0.05, 0) is 31.5 Å². The van der Waals surface area contributed by atoms with Crippen LogP contribution in [-0.2, 0) is 10.4 Å². The molecule has 14 heavy (non-hydrogen) atoms. The van der Waals surface area contributed by atoms with Crippen LogP contribution in [0.5, 0.6) is 11.5 Å². The lowest BCUT2D eigenvalue weighted by Crippen LogP contribution is -2.25. The molecule has 0 saturated carbocycles. The van der Waals surface area contributed by atoms with Crippen molar-refractivity contribution < 1.29 is 14.7 Å². The molecule has 0 atom stereocenters. The van der Waals surface area contributed by atoms with Crippen molar-refractivity contribution in [1.29, 1.82) is 0 Å². The quantitative estimate of drug-likeness (QED) is 0.721. The molecule has 1 aromatic carbocycles. The van der Waals surface area contributed by atoms with E-state index >= 15 is 0 Å². The Morgan fingerprint density at radius 1 is 1.36 bits per heavy atom. The second kappa shape index (κ2) is 3.86. The smallest absolute Gasteiger partial charge is 0.160 e. The van der Waals surface area contributed by atoms with Crippen molar-refractivity contribution >= 4 is 0 Å². The van der Waals surface area contributed by atoms with Gasteiger partial charge in [0, 0.05) is 0 Å². The maximum Gasteiger partial charge on any atom is 0.160 e. The standard InChI is InChI=1S/C10H15NO3/c1-10(2,14-11)7-4-5-9(13-3)8(12)6-7/h4-6,12H,11H2,1-3H3. The summed E-state index contributed by atoms with van der Waals surface area (Å²) in [6.07, 6.45) is 0. The summed E-state index contributed by atoms with van der Waals surface area (Å²) in [5, 5.41) is 9.53. The summed E-state index contributed by atoms with van der Waals surface area (Å²) in [4.78, 5) is 4.80. The SMILES string of the molecule is COc1ccc(C(C)(C)ON)cc1O. The molecule has 0 fully saturated rings. The van der Waals surface area contributed by atoms with E-state index in [1.807, 2.05) is 13.8 Å². The van der Waals surface area contributed by atoms with Gasteiger partial charge in [-0.25, -0.2) is 5.90 Å². The first-order chi connectivity index (χ1) is 6.51. The molecule has 0 spiro atoms. The average molecular weight is 197 g/mol. The van der Waals surface area contributed by atoms with Gasteiger partial charge in [-0.1, -0.05) is 6.07 Å². The number of methoxy groups -OCH3 is 1. The van der Waals surface area contributed by atoms with Crippen LogP contribution in [0.2, 0.25) is 0 Å². The van der Waals surface area contributed by atoms with E-state index in [9.17, 15) is 5.11 Å². The fourth-order valence-electron chi connectivity index (χ4n) is 1.13. The Morgan fingerprint density at radius 2 is 2.00 bits per heavy atom. The largest absolute Gasteiger partial charge is 0.504 e. The van der Waals surface area contributed by atoms with Gasteiger partial charge in [-0.15, -0.1) is 0 Å². The summed E-state index contributed by atoms with van der Waals surface area (Å²) in [5.74, 6) is 5.66. The van der Waals surface area contributed by atoms with Gasteiger partial charge in [0.1, 0.15) is 5.60 Å². The number of phenols is 1. The Kier molecular flexibility index (Phi) is 2.98. The van der Waals surface area contributed by atoms with Crippen LogP contribution in [0.25, 0.3) is 0 Å². The molecule has 0 aliphatic heterocycles. The number of hydrogen-bond donors (Lipinski definition) is 2. The molecule has 78 valence electrons. The van der Waals surface area contributed by atoms with Gasteiger partial charge in [-0.2, -0.15) is 0 Å². The monoisotopic (exact) mass is 197 g/mol. The minimum Gasteiger partial charge on any atom is -0.504 e. The number of ether oxygens (including phenoxy) is 1. The van der Waals surface area contributed by atoms with Crippen molar-refractivity contribution in [3.8, 4) is 11.5 Å². The fourth-order valence-corrected chi connectivity index (χ4v) is 1.13. The Labute approximate surface area is 83.2 Å². The number of hydrogen-bond acceptors (Lipinski definition) is 4. The van der Waals surface area contributed by atoms with E-state index in [0.717, 1.165) is 5.56 Å². The third kappa shape index (κ3) is 1.97. The molecule has 0 radical (unpaired) electrons. The normalized spacial score (nSPS) is 11.4. The Bertz CT molecular complexity index is 323. The predicted octanol–water partition coefficient (Wildman–Crippen LogP) is 1.53. The summed E-state index contributed by atoms with van der Waals surface area (Å²) in [6, 6.07) is 5.04. The molecule has 1 rings (SSSR count). The third-order valence-electron chi connectivity index (χ3n) is 2.17. The first-order valence-electron chi connectivity index (χ1n) is 4.26. The zero-order chi connectivity index (χ0) is 10.8. The summed E-state index contributed by atoms with van der Waals surface area (Å²) in [6.45, 7) is 3.63. The zero-order valence-electron chi connectivity index (χ0n) is 8.57. The van der Waals surface area contributed by atoms with E-state index < -0.39 is 5.60 Å². The molecule has 0 unspecified atom stereocenters. The molecular weight excluding hydrogens is 182 g/mol. The van der Waals surface area contributed by atoms with Crippen molar-refractivity contribution in [3.63, 3.8) is 0 Å². The summed E-state index contributed by atoms with van der Waals surface area (Å²) >= 11 is 0. The molecule has 4 heteroatoms. The molecule has 0 bridgehead atoms. The van der Waals surface area contributed by atoms with Crippen LogP contribution in [-0.4, -0.2) is 12.2 Å². The van der Waals surface area contributed by atoms with Crippen molar-refractivity contribution in [3.05, 3.63) is 23.8 Å². The van der Waals surface area contributed by atoms with Crippen LogP contribution < -0.4 is 10.6 Å². The third-order valence-corrected chi connectivity index (χ3v) is 2.17. The Balaban J connectivity index is 3.08. The predicted molar refractivity (Wildman–Crippen MR) is 53.0 cm³/mol. The summed E-state index contributed by atoms with van der Waals surface area (Å²) < 4.78 is 4.92. The van der Waals surface area contributed by atoms with Gasteiger partial charge in [0.15, 0.2) is 11.5 Å². The van der Waals surface area contributed by atoms with Crippen LogP contribution in [0.3, 0.4) is 0 Å². The van der Waals surface area contributed by atoms with Gasteiger partial charge < -0.3 is 9.84 Å². The molecule has 0 aliphatic rings. The lowest BCUT2D eigenvalue weighted by atomic mass is 9.98. The number of rotatable bonds is 3. The van der Waals surface area contributed by atoms with E-state index in [4.69, 9.17) is 15.5 Å². The maximum absolute atomic E-state index is 9.53. The average Bonchev–Trinajstić information content (AvgIpc) is 2.17. The highest BCUT2D eigenvalue weighted by Crippen LogP contribution is 2.32. The van der Waals surface area contributed by atoms with Gasteiger partial charge in [0.2, 0.25) is 0 Å². The number of nitrogens with two attached hydrogens (primary N) is 1. The van der Waals surface area contributed by atoms with Crippen molar-refractivity contribution in [1.82, 2.24) is 0 Å². The number of aromatic hydroxyl groups is 1. The van der Waals surface area contributed by atoms with Crippen LogP contribution in [0.4, 0.5) is 0 Å². The van der Waals surface area contributed by atoms with E-state index in [1.165, 1.54) is 7.11 Å². The second-order valence-electron chi connectivity index (χ2n) is 3.51. The molecule has 0 amide bonds. The zero-order valence-corrected chi connectivity index (χ0v) is 8.57. The summed E-state index contributed by atoms with van der Waals surface area (Å²) in [5.41, 5.74) is 0.169. The van der Waals surface area contributed by atoms with Crippen molar-refractivity contribution in [2.45, 2.75) is 19.4 Å². The first-order valence-corrected chi connectivity index (χ1v) is 4.26. The minimum atomic E-state index is -0.621. The Morgan fingerprint density at radius 3 is 2.43 bits per heavy atom. The van der Waals surface area contributed by atoms with E-state index in [2.05, 4.69) is 0 Å². The van der Waals surface area contributed by atoms with Crippen molar-refractivity contribution in [2.75, 3.05) is 7.11 Å². The molecule has 3 N–H and O–H groups in total. The second-order valence-corrected chi connectivity index (χ2v) is 3.51. The molecular formula is C10H15NO3.